The van der Waals surface area contributed by atoms with Gasteiger partial charge in [-0.3, -0.25) is 4.90 Å². The topological polar surface area (TPSA) is 102 Å². The molecule has 2 aliphatic heterocycles. The van der Waals surface area contributed by atoms with E-state index in [1.165, 1.54) is 12.3 Å². The number of carbonyl (C=O) groups is 1. The van der Waals surface area contributed by atoms with Crippen molar-refractivity contribution in [1.29, 1.82) is 0 Å². The van der Waals surface area contributed by atoms with Crippen molar-refractivity contribution in [1.82, 2.24) is 10.2 Å². The maximum atomic E-state index is 11.6. The molecular weight excluding hydrogens is 228 g/mol. The van der Waals surface area contributed by atoms with Crippen LogP contribution in [-0.2, 0) is 4.74 Å². The minimum atomic E-state index is -1.39. The zero-order valence-corrected chi connectivity index (χ0v) is 8.83. The van der Waals surface area contributed by atoms with E-state index in [-0.39, 0.29) is 5.76 Å². The van der Waals surface area contributed by atoms with Crippen LogP contribution in [0, 0.1) is 0 Å². The second kappa shape index (κ2) is 4.11. The number of carbonyl (C=O) groups excluding carboxylic acids is 1. The van der Waals surface area contributed by atoms with Crippen LogP contribution in [0.25, 0.3) is 0 Å². The molecule has 0 fully saturated rings. The zero-order valence-electron chi connectivity index (χ0n) is 8.83. The largest absolute Gasteiger partial charge is 0.506 e. The molecule has 1 unspecified atom stereocenters. The number of aliphatic hydroxyl groups excluding tert-OH is 3. The number of rotatable bonds is 2. The first-order valence-corrected chi connectivity index (χ1v) is 4.88. The Morgan fingerprint density at radius 2 is 2.29 bits per heavy atom. The van der Waals surface area contributed by atoms with Crippen LogP contribution < -0.4 is 5.32 Å². The fourth-order valence-corrected chi connectivity index (χ4v) is 1.58. The van der Waals surface area contributed by atoms with E-state index >= 15 is 0 Å². The lowest BCUT2D eigenvalue weighted by atomic mass is 10.2. The van der Waals surface area contributed by atoms with Gasteiger partial charge in [0.25, 0.3) is 0 Å². The molecule has 0 bridgehead atoms. The summed E-state index contributed by atoms with van der Waals surface area (Å²) in [5, 5.41) is 30.4. The minimum absolute atomic E-state index is 0.145. The lowest BCUT2D eigenvalue weighted by Crippen LogP contribution is -2.49. The van der Waals surface area contributed by atoms with Crippen molar-refractivity contribution < 1.29 is 24.9 Å². The standard InChI is InChI=1S/C10H12N2O5/c1-5-2-3-12(10(16)11-5)9-8(15)7(14)6(4-13)17-9/h2-3,8-9,13-15H,1,4H2,(H,11,16)/t8?,9-/m1/s1. The lowest BCUT2D eigenvalue weighted by molar-refractivity contribution is -0.0327. The summed E-state index contributed by atoms with van der Waals surface area (Å²) in [4.78, 5) is 12.7. The van der Waals surface area contributed by atoms with Crippen LogP contribution in [0.2, 0.25) is 0 Å². The van der Waals surface area contributed by atoms with Gasteiger partial charge < -0.3 is 25.4 Å². The maximum absolute atomic E-state index is 11.6. The highest BCUT2D eigenvalue weighted by Crippen LogP contribution is 2.27. The third kappa shape index (κ3) is 1.85. The minimum Gasteiger partial charge on any atom is -0.506 e. The summed E-state index contributed by atoms with van der Waals surface area (Å²) in [6, 6.07) is -0.534. The van der Waals surface area contributed by atoms with Gasteiger partial charge >= 0.3 is 6.03 Å². The monoisotopic (exact) mass is 240 g/mol. The number of urea groups is 1. The average molecular weight is 240 g/mol. The molecule has 4 N–H and O–H groups in total. The molecule has 0 saturated carbocycles. The zero-order chi connectivity index (χ0) is 12.6. The number of hydrogen-bond donors (Lipinski definition) is 4. The summed E-state index contributed by atoms with van der Waals surface area (Å²) in [7, 11) is 0. The van der Waals surface area contributed by atoms with Gasteiger partial charge in [-0.15, -0.1) is 0 Å². The van der Waals surface area contributed by atoms with E-state index in [0.717, 1.165) is 4.90 Å². The molecule has 2 heterocycles. The van der Waals surface area contributed by atoms with E-state index in [1.807, 2.05) is 0 Å². The highest BCUT2D eigenvalue weighted by atomic mass is 16.5. The molecule has 7 heteroatoms. The van der Waals surface area contributed by atoms with Crippen LogP contribution in [0.4, 0.5) is 4.79 Å². The predicted octanol–water partition coefficient (Wildman–Crippen LogP) is -0.482. The summed E-state index contributed by atoms with van der Waals surface area (Å²) in [5.74, 6) is -0.615. The van der Waals surface area contributed by atoms with E-state index < -0.39 is 30.7 Å². The van der Waals surface area contributed by atoms with E-state index in [1.54, 1.807) is 0 Å². The van der Waals surface area contributed by atoms with Crippen molar-refractivity contribution in [3.63, 3.8) is 0 Å². The van der Waals surface area contributed by atoms with Crippen LogP contribution in [0.3, 0.4) is 0 Å². The van der Waals surface area contributed by atoms with Gasteiger partial charge in [-0.2, -0.15) is 0 Å². The number of ether oxygens (including phenoxy) is 1. The average Bonchev–Trinajstić information content (AvgIpc) is 2.57. The quantitative estimate of drug-likeness (QED) is 0.522. The number of aliphatic hydroxyl groups is 3. The second-order valence-electron chi connectivity index (χ2n) is 3.60. The van der Waals surface area contributed by atoms with Gasteiger partial charge in [0.2, 0.25) is 6.23 Å². The smallest absolute Gasteiger partial charge is 0.328 e. The van der Waals surface area contributed by atoms with Gasteiger partial charge in [-0.05, 0) is 6.08 Å². The number of nitrogens with one attached hydrogen (secondary N) is 1. The first kappa shape index (κ1) is 11.5. The summed E-state index contributed by atoms with van der Waals surface area (Å²) in [5.41, 5.74) is 0.415. The number of allylic oxidation sites excluding steroid dienone is 1. The molecule has 2 amide bonds. The maximum Gasteiger partial charge on any atom is 0.328 e. The number of amides is 2. The van der Waals surface area contributed by atoms with Crippen LogP contribution in [0.15, 0.2) is 36.1 Å². The number of hydrogen-bond acceptors (Lipinski definition) is 5. The van der Waals surface area contributed by atoms with Gasteiger partial charge in [0.1, 0.15) is 6.61 Å². The van der Waals surface area contributed by atoms with Crippen molar-refractivity contribution >= 4 is 6.03 Å². The molecule has 0 saturated heterocycles. The molecule has 7 nitrogen and oxygen atoms in total. The highest BCUT2D eigenvalue weighted by Gasteiger charge is 2.41. The van der Waals surface area contributed by atoms with Crippen molar-refractivity contribution in [3.05, 3.63) is 36.1 Å². The first-order valence-electron chi connectivity index (χ1n) is 4.88. The second-order valence-corrected chi connectivity index (χ2v) is 3.60. The van der Waals surface area contributed by atoms with Gasteiger partial charge in [0.15, 0.2) is 17.6 Å². The third-order valence-corrected chi connectivity index (χ3v) is 2.46. The molecule has 0 radical (unpaired) electrons. The Kier molecular flexibility index (Phi) is 2.78. The van der Waals surface area contributed by atoms with Gasteiger partial charge in [-0.1, -0.05) is 6.58 Å². The summed E-state index contributed by atoms with van der Waals surface area (Å²) < 4.78 is 5.09. The normalized spacial score (nSPS) is 28.5. The summed E-state index contributed by atoms with van der Waals surface area (Å²) in [6.07, 6.45) is 0.411. The van der Waals surface area contributed by atoms with Crippen LogP contribution in [-0.4, -0.2) is 45.2 Å². The fourth-order valence-electron chi connectivity index (χ4n) is 1.58. The van der Waals surface area contributed by atoms with Crippen molar-refractivity contribution in [2.75, 3.05) is 6.61 Å². The lowest BCUT2D eigenvalue weighted by Gasteiger charge is -2.29. The highest BCUT2D eigenvalue weighted by molar-refractivity contribution is 5.79. The van der Waals surface area contributed by atoms with Gasteiger partial charge in [-0.25, -0.2) is 4.79 Å². The summed E-state index contributed by atoms with van der Waals surface area (Å²) >= 11 is 0. The van der Waals surface area contributed by atoms with E-state index in [4.69, 9.17) is 9.84 Å². The third-order valence-electron chi connectivity index (χ3n) is 2.46. The van der Waals surface area contributed by atoms with Crippen molar-refractivity contribution in [2.24, 2.45) is 0 Å². The fraction of sp³-hybridized carbons (Fsp3) is 0.300. The van der Waals surface area contributed by atoms with Crippen molar-refractivity contribution in [3.8, 4) is 0 Å². The van der Waals surface area contributed by atoms with E-state index in [9.17, 15) is 15.0 Å². The molecule has 2 aliphatic rings. The molecule has 92 valence electrons. The van der Waals surface area contributed by atoms with Gasteiger partial charge in [0.05, 0.1) is 0 Å². The Labute approximate surface area is 96.9 Å². The SMILES string of the molecule is C=C1C=CN([C@@H]2OC(CO)=C(O)C2O)C(=O)N1. The Morgan fingerprint density at radius 3 is 2.82 bits per heavy atom. The molecule has 0 aromatic heterocycles. The Balaban J connectivity index is 2.19. The Hall–Kier alpha value is -1.99. The molecule has 0 aliphatic carbocycles. The molecule has 2 atom stereocenters. The molecular formula is C10H12N2O5. The molecule has 0 aromatic carbocycles. The van der Waals surface area contributed by atoms with Crippen LogP contribution in [0.1, 0.15) is 0 Å². The number of nitrogens with zero attached hydrogens (tertiary/aromatic N) is 1. The molecule has 2 rings (SSSR count). The Bertz CT molecular complexity index is 428. The van der Waals surface area contributed by atoms with E-state index in [0.29, 0.717) is 5.70 Å². The summed E-state index contributed by atoms with van der Waals surface area (Å²) in [6.45, 7) is 2.99. The van der Waals surface area contributed by atoms with Crippen LogP contribution >= 0.6 is 0 Å². The first-order chi connectivity index (χ1) is 8.04. The predicted molar refractivity (Wildman–Crippen MR) is 56.3 cm³/mol. The van der Waals surface area contributed by atoms with Crippen LogP contribution in [0.5, 0.6) is 0 Å². The molecule has 0 aromatic rings. The molecule has 0 spiro atoms. The Morgan fingerprint density at radius 1 is 1.59 bits per heavy atom. The molecule has 17 heavy (non-hydrogen) atoms. The van der Waals surface area contributed by atoms with Crippen molar-refractivity contribution in [2.45, 2.75) is 12.3 Å². The van der Waals surface area contributed by atoms with Gasteiger partial charge in [0, 0.05) is 11.9 Å². The van der Waals surface area contributed by atoms with E-state index in [2.05, 4.69) is 11.9 Å².